The lowest BCUT2D eigenvalue weighted by atomic mass is 10.1. The predicted octanol–water partition coefficient (Wildman–Crippen LogP) is -1.87. The van der Waals surface area contributed by atoms with E-state index in [1.54, 1.807) is 0 Å². The third-order valence-corrected chi connectivity index (χ3v) is 2.67. The second-order valence-electron chi connectivity index (χ2n) is 2.52. The molecular formula is C5H9NO7S. The van der Waals surface area contributed by atoms with Gasteiger partial charge < -0.3 is 15.9 Å². The van der Waals surface area contributed by atoms with Crippen molar-refractivity contribution in [2.45, 2.75) is 17.7 Å². The third-order valence-electron chi connectivity index (χ3n) is 1.44. The Morgan fingerprint density at radius 2 is 1.71 bits per heavy atom. The normalized spacial score (nSPS) is 15.9. The van der Waals surface area contributed by atoms with Crippen LogP contribution in [0, 0.1) is 0 Å². The zero-order valence-corrected chi connectivity index (χ0v) is 7.64. The topological polar surface area (TPSA) is 155 Å². The van der Waals surface area contributed by atoms with Crippen LogP contribution in [-0.4, -0.2) is 46.4 Å². The Bertz CT molecular complexity index is 334. The summed E-state index contributed by atoms with van der Waals surface area (Å²) in [5.41, 5.74) is 4.89. The highest BCUT2D eigenvalue weighted by molar-refractivity contribution is 7.86. The Balaban J connectivity index is 4.92. The molecule has 0 aliphatic rings. The molecule has 0 spiro atoms. The van der Waals surface area contributed by atoms with E-state index in [1.807, 2.05) is 0 Å². The first-order chi connectivity index (χ1) is 6.16. The summed E-state index contributed by atoms with van der Waals surface area (Å²) in [7, 11) is -4.79. The van der Waals surface area contributed by atoms with E-state index in [9.17, 15) is 18.0 Å². The second kappa shape index (κ2) is 4.35. The Kier molecular flexibility index (Phi) is 3.98. The van der Waals surface area contributed by atoms with Crippen LogP contribution in [0.4, 0.5) is 0 Å². The lowest BCUT2D eigenvalue weighted by Gasteiger charge is -2.15. The van der Waals surface area contributed by atoms with Crippen LogP contribution in [0.15, 0.2) is 0 Å². The van der Waals surface area contributed by atoms with Gasteiger partial charge in [-0.15, -0.1) is 0 Å². The molecule has 0 saturated carbocycles. The van der Waals surface area contributed by atoms with Gasteiger partial charge >= 0.3 is 11.9 Å². The summed E-state index contributed by atoms with van der Waals surface area (Å²) in [6, 6.07) is -1.97. The zero-order chi connectivity index (χ0) is 11.5. The average Bonchev–Trinajstić information content (AvgIpc) is 1.96. The smallest absolute Gasteiger partial charge is 0.321 e. The number of hydrogen-bond acceptors (Lipinski definition) is 5. The van der Waals surface area contributed by atoms with Gasteiger partial charge in [0.25, 0.3) is 10.1 Å². The molecule has 0 aromatic rings. The molecule has 0 aromatic carbocycles. The van der Waals surface area contributed by atoms with Crippen molar-refractivity contribution in [1.29, 1.82) is 0 Å². The van der Waals surface area contributed by atoms with Gasteiger partial charge in [0.15, 0.2) is 0 Å². The molecule has 0 amide bonds. The van der Waals surface area contributed by atoms with Crippen LogP contribution in [0.2, 0.25) is 0 Å². The van der Waals surface area contributed by atoms with Crippen LogP contribution in [0.25, 0.3) is 0 Å². The quantitative estimate of drug-likeness (QED) is 0.398. The van der Waals surface area contributed by atoms with Gasteiger partial charge in [0.2, 0.25) is 0 Å². The van der Waals surface area contributed by atoms with Gasteiger partial charge in [0, 0.05) is 0 Å². The first kappa shape index (κ1) is 12.8. The molecule has 0 rings (SSSR count). The molecule has 5 N–H and O–H groups in total. The zero-order valence-electron chi connectivity index (χ0n) is 6.82. The highest BCUT2D eigenvalue weighted by Crippen LogP contribution is 2.08. The molecule has 0 heterocycles. The minimum absolute atomic E-state index is 1.06. The number of carboxylic acid groups (broad SMARTS) is 2. The van der Waals surface area contributed by atoms with Gasteiger partial charge in [0.1, 0.15) is 11.3 Å². The SMILES string of the molecule is N[C@H](C(=O)O)[C@H](CC(=O)O)S(=O)(=O)O. The van der Waals surface area contributed by atoms with Crippen LogP contribution >= 0.6 is 0 Å². The number of nitrogens with two attached hydrogens (primary N) is 1. The molecule has 0 fully saturated rings. The molecule has 0 aliphatic heterocycles. The van der Waals surface area contributed by atoms with E-state index in [0.717, 1.165) is 0 Å². The fourth-order valence-corrected chi connectivity index (χ4v) is 1.59. The fourth-order valence-electron chi connectivity index (χ4n) is 0.749. The minimum Gasteiger partial charge on any atom is -0.481 e. The number of rotatable bonds is 5. The predicted molar refractivity (Wildman–Crippen MR) is 43.2 cm³/mol. The Hall–Kier alpha value is -1.19. The van der Waals surface area contributed by atoms with Crippen molar-refractivity contribution in [2.75, 3.05) is 0 Å². The molecule has 82 valence electrons. The molecule has 2 atom stereocenters. The van der Waals surface area contributed by atoms with Crippen molar-refractivity contribution >= 4 is 22.1 Å². The van der Waals surface area contributed by atoms with E-state index in [-0.39, 0.29) is 0 Å². The molecule has 0 radical (unpaired) electrons. The van der Waals surface area contributed by atoms with Crippen molar-refractivity contribution in [3.8, 4) is 0 Å². The standard InChI is InChI=1S/C5H9NO7S/c6-4(5(9)10)2(1-3(7)8)14(11,12)13/h2,4H,1,6H2,(H,7,8)(H,9,10)(H,11,12,13)/t2-,4-/m0/s1. The van der Waals surface area contributed by atoms with Gasteiger partial charge in [0.05, 0.1) is 6.42 Å². The number of hydrogen-bond donors (Lipinski definition) is 4. The van der Waals surface area contributed by atoms with Crippen molar-refractivity contribution in [2.24, 2.45) is 5.73 Å². The number of aliphatic carboxylic acids is 2. The molecule has 0 aliphatic carbocycles. The van der Waals surface area contributed by atoms with Crippen LogP contribution in [-0.2, 0) is 19.7 Å². The molecular weight excluding hydrogens is 218 g/mol. The average molecular weight is 227 g/mol. The highest BCUT2D eigenvalue weighted by atomic mass is 32.2. The van der Waals surface area contributed by atoms with Crippen LogP contribution in [0.3, 0.4) is 0 Å². The highest BCUT2D eigenvalue weighted by Gasteiger charge is 2.36. The number of carboxylic acids is 2. The monoisotopic (exact) mass is 227 g/mol. The van der Waals surface area contributed by atoms with Gasteiger partial charge in [-0.2, -0.15) is 8.42 Å². The summed E-state index contributed by atoms with van der Waals surface area (Å²) in [5.74, 6) is -3.27. The molecule has 0 unspecified atom stereocenters. The van der Waals surface area contributed by atoms with Crippen molar-refractivity contribution in [3.05, 3.63) is 0 Å². The molecule has 9 heteroatoms. The fraction of sp³-hybridized carbons (Fsp3) is 0.600. The lowest BCUT2D eigenvalue weighted by Crippen LogP contribution is -2.47. The Labute approximate surface area is 79.1 Å². The lowest BCUT2D eigenvalue weighted by molar-refractivity contribution is -0.139. The van der Waals surface area contributed by atoms with Crippen LogP contribution in [0.5, 0.6) is 0 Å². The van der Waals surface area contributed by atoms with E-state index in [1.165, 1.54) is 0 Å². The Morgan fingerprint density at radius 1 is 1.29 bits per heavy atom. The summed E-state index contributed by atoms with van der Waals surface area (Å²) >= 11 is 0. The molecule has 14 heavy (non-hydrogen) atoms. The maximum absolute atomic E-state index is 10.6. The summed E-state index contributed by atoms with van der Waals surface area (Å²) < 4.78 is 29.6. The summed E-state index contributed by atoms with van der Waals surface area (Å²) in [5, 5.41) is 14.5. The van der Waals surface area contributed by atoms with Gasteiger partial charge in [-0.1, -0.05) is 0 Å². The van der Waals surface area contributed by atoms with Gasteiger partial charge in [-0.25, -0.2) is 0 Å². The van der Waals surface area contributed by atoms with Crippen molar-refractivity contribution in [3.63, 3.8) is 0 Å². The summed E-state index contributed by atoms with van der Waals surface area (Å²) in [4.78, 5) is 20.4. The second-order valence-corrected chi connectivity index (χ2v) is 4.15. The van der Waals surface area contributed by atoms with E-state index in [0.29, 0.717) is 0 Å². The first-order valence-corrected chi connectivity index (χ1v) is 4.83. The first-order valence-electron chi connectivity index (χ1n) is 3.32. The largest absolute Gasteiger partial charge is 0.481 e. The molecule has 0 saturated heterocycles. The summed E-state index contributed by atoms with van der Waals surface area (Å²) in [6.07, 6.45) is -1.06. The molecule has 0 bridgehead atoms. The van der Waals surface area contributed by atoms with Gasteiger partial charge in [-0.05, 0) is 0 Å². The Morgan fingerprint density at radius 3 is 1.93 bits per heavy atom. The van der Waals surface area contributed by atoms with Crippen LogP contribution in [0.1, 0.15) is 6.42 Å². The summed E-state index contributed by atoms with van der Waals surface area (Å²) in [6.45, 7) is 0. The third kappa shape index (κ3) is 3.68. The van der Waals surface area contributed by atoms with Gasteiger partial charge in [-0.3, -0.25) is 14.1 Å². The number of carbonyl (C=O) groups is 2. The van der Waals surface area contributed by atoms with Crippen molar-refractivity contribution in [1.82, 2.24) is 0 Å². The van der Waals surface area contributed by atoms with Crippen LogP contribution < -0.4 is 5.73 Å². The van der Waals surface area contributed by atoms with E-state index in [4.69, 9.17) is 20.5 Å². The minimum atomic E-state index is -4.79. The van der Waals surface area contributed by atoms with E-state index < -0.39 is 39.8 Å². The molecule has 8 nitrogen and oxygen atoms in total. The molecule has 0 aromatic heterocycles. The van der Waals surface area contributed by atoms with Crippen molar-refractivity contribution < 1.29 is 32.8 Å². The maximum atomic E-state index is 10.6. The van der Waals surface area contributed by atoms with E-state index in [2.05, 4.69) is 0 Å². The van der Waals surface area contributed by atoms with E-state index >= 15 is 0 Å². The maximum Gasteiger partial charge on any atom is 0.321 e.